The number of allylic oxidation sites excluding steroid dienone is 1. The van der Waals surface area contributed by atoms with Crippen molar-refractivity contribution in [3.8, 4) is 0 Å². The number of nitrogens with one attached hydrogen (secondary N) is 1. The zero-order valence-corrected chi connectivity index (χ0v) is 23.4. The lowest BCUT2D eigenvalue weighted by Crippen LogP contribution is -2.71. The number of carbonyl (C=O) groups is 4. The number of nitrogens with zero attached hydrogens (tertiary/aromatic N) is 3. The summed E-state index contributed by atoms with van der Waals surface area (Å²) in [4.78, 5) is 61.7. The zero-order chi connectivity index (χ0) is 28.2. The summed E-state index contributed by atoms with van der Waals surface area (Å²) in [6.45, 7) is 12.3. The fourth-order valence-electron chi connectivity index (χ4n) is 3.27. The van der Waals surface area contributed by atoms with E-state index in [1.165, 1.54) is 22.7 Å². The van der Waals surface area contributed by atoms with E-state index in [4.69, 9.17) is 20.0 Å². The summed E-state index contributed by atoms with van der Waals surface area (Å²) >= 11 is 2.49. The molecule has 12 nitrogen and oxygen atoms in total. The molecule has 1 saturated heterocycles. The number of nitrogen functional groups attached to an aromatic ring is 1. The number of aromatic nitrogens is 1. The van der Waals surface area contributed by atoms with Crippen molar-refractivity contribution in [2.75, 3.05) is 24.9 Å². The molecular weight excluding hydrogens is 534 g/mol. The van der Waals surface area contributed by atoms with Gasteiger partial charge in [0, 0.05) is 11.1 Å². The Balaban J connectivity index is 1.72. The maximum absolute atomic E-state index is 13.1. The largest absolute Gasteiger partial charge is 0.427 e. The number of anilines is 1. The molecule has 0 aliphatic carbocycles. The Hall–Kier alpha value is -3.39. The van der Waals surface area contributed by atoms with Gasteiger partial charge in [-0.2, -0.15) is 0 Å². The van der Waals surface area contributed by atoms with Crippen LogP contribution in [-0.4, -0.2) is 69.9 Å². The molecule has 38 heavy (non-hydrogen) atoms. The maximum atomic E-state index is 13.1. The molecular formula is C24H31N5O7S2. The highest BCUT2D eigenvalue weighted by molar-refractivity contribution is 8.00. The van der Waals surface area contributed by atoms with Crippen LogP contribution >= 0.6 is 23.1 Å². The summed E-state index contributed by atoms with van der Waals surface area (Å²) in [5, 5.41) is 7.85. The number of hydrogen-bond acceptors (Lipinski definition) is 12. The molecule has 0 radical (unpaired) electrons. The van der Waals surface area contributed by atoms with Gasteiger partial charge in [-0.3, -0.25) is 19.3 Å². The molecule has 3 heterocycles. The van der Waals surface area contributed by atoms with Crippen LogP contribution in [-0.2, 0) is 33.5 Å². The number of hydrogen-bond donors (Lipinski definition) is 2. The van der Waals surface area contributed by atoms with E-state index >= 15 is 0 Å². The molecule has 1 unspecified atom stereocenters. The number of esters is 2. The SMILES string of the molecule is C=CC1=C(C(=O)OCOC(=O)C(C)(C)C)N2C(=O)C(NC(=O)C(=NOCC(C)C)c3csc(N)n3)[C@H]2SC1. The molecule has 1 aromatic rings. The summed E-state index contributed by atoms with van der Waals surface area (Å²) in [6, 6.07) is -0.938. The predicted molar refractivity (Wildman–Crippen MR) is 143 cm³/mol. The Morgan fingerprint density at radius 3 is 2.63 bits per heavy atom. The molecule has 2 atom stereocenters. The highest BCUT2D eigenvalue weighted by Crippen LogP contribution is 2.41. The number of oxime groups is 1. The molecule has 1 fully saturated rings. The second-order valence-corrected chi connectivity index (χ2v) is 11.9. The van der Waals surface area contributed by atoms with Gasteiger partial charge in [0.15, 0.2) is 10.8 Å². The van der Waals surface area contributed by atoms with E-state index in [1.807, 2.05) is 13.8 Å². The molecule has 0 aromatic carbocycles. The van der Waals surface area contributed by atoms with Gasteiger partial charge in [0.2, 0.25) is 6.79 Å². The smallest absolute Gasteiger partial charge is 0.358 e. The lowest BCUT2D eigenvalue weighted by atomic mass is 9.98. The molecule has 14 heteroatoms. The number of thioether (sulfide) groups is 1. The average molecular weight is 566 g/mol. The second kappa shape index (κ2) is 12.0. The molecule has 2 amide bonds. The van der Waals surface area contributed by atoms with E-state index in [0.717, 1.165) is 11.3 Å². The molecule has 3 rings (SSSR count). The minimum Gasteiger partial charge on any atom is -0.427 e. The van der Waals surface area contributed by atoms with Crippen LogP contribution in [0.4, 0.5) is 5.13 Å². The molecule has 3 N–H and O–H groups in total. The molecule has 0 saturated carbocycles. The highest BCUT2D eigenvalue weighted by Gasteiger charge is 2.54. The topological polar surface area (TPSA) is 163 Å². The third kappa shape index (κ3) is 6.54. The van der Waals surface area contributed by atoms with Crippen LogP contribution < -0.4 is 11.1 Å². The molecule has 2 aliphatic rings. The summed E-state index contributed by atoms with van der Waals surface area (Å²) in [7, 11) is 0. The molecule has 2 aliphatic heterocycles. The van der Waals surface area contributed by atoms with Crippen molar-refractivity contribution in [1.82, 2.24) is 15.2 Å². The van der Waals surface area contributed by atoms with E-state index in [9.17, 15) is 19.2 Å². The van der Waals surface area contributed by atoms with Gasteiger partial charge >= 0.3 is 11.9 Å². The first-order valence-corrected chi connectivity index (χ1v) is 13.6. The summed E-state index contributed by atoms with van der Waals surface area (Å²) < 4.78 is 10.1. The van der Waals surface area contributed by atoms with Crippen molar-refractivity contribution >= 4 is 57.7 Å². The normalized spacial score (nSPS) is 19.5. The van der Waals surface area contributed by atoms with E-state index in [2.05, 4.69) is 22.0 Å². The van der Waals surface area contributed by atoms with Gasteiger partial charge in [-0.25, -0.2) is 9.78 Å². The number of β-lactam (4-membered cyclic amide) rings is 1. The van der Waals surface area contributed by atoms with Gasteiger partial charge in [0.25, 0.3) is 11.8 Å². The number of fused-ring (bicyclic) bond motifs is 1. The van der Waals surface area contributed by atoms with E-state index in [0.29, 0.717) is 11.3 Å². The molecule has 206 valence electrons. The summed E-state index contributed by atoms with van der Waals surface area (Å²) in [5.74, 6) is -2.06. The monoisotopic (exact) mass is 565 g/mol. The van der Waals surface area contributed by atoms with Crippen LogP contribution in [0.3, 0.4) is 0 Å². The first-order chi connectivity index (χ1) is 17.8. The van der Waals surface area contributed by atoms with Crippen molar-refractivity contribution in [1.29, 1.82) is 0 Å². The van der Waals surface area contributed by atoms with Crippen molar-refractivity contribution in [2.24, 2.45) is 16.5 Å². The van der Waals surface area contributed by atoms with Gasteiger partial charge < -0.3 is 25.4 Å². The fraction of sp³-hybridized carbons (Fsp3) is 0.500. The van der Waals surface area contributed by atoms with E-state index in [-0.39, 0.29) is 34.8 Å². The van der Waals surface area contributed by atoms with Crippen LogP contribution in [0.1, 0.15) is 40.3 Å². The van der Waals surface area contributed by atoms with Crippen LogP contribution in [0.5, 0.6) is 0 Å². The van der Waals surface area contributed by atoms with Gasteiger partial charge in [-0.05, 0) is 32.3 Å². The average Bonchev–Trinajstić information content (AvgIpc) is 3.28. The van der Waals surface area contributed by atoms with Crippen LogP contribution in [0.25, 0.3) is 0 Å². The first-order valence-electron chi connectivity index (χ1n) is 11.7. The third-order valence-electron chi connectivity index (χ3n) is 5.26. The summed E-state index contributed by atoms with van der Waals surface area (Å²) in [5.41, 5.74) is 5.53. The first kappa shape index (κ1) is 29.2. The highest BCUT2D eigenvalue weighted by atomic mass is 32.2. The van der Waals surface area contributed by atoms with Crippen molar-refractivity contribution < 1.29 is 33.5 Å². The van der Waals surface area contributed by atoms with Crippen molar-refractivity contribution in [3.63, 3.8) is 0 Å². The molecule has 1 aromatic heterocycles. The quantitative estimate of drug-likeness (QED) is 0.141. The number of amides is 2. The van der Waals surface area contributed by atoms with Gasteiger partial charge in [-0.1, -0.05) is 31.7 Å². The lowest BCUT2D eigenvalue weighted by molar-refractivity contribution is -0.173. The molecule has 0 bridgehead atoms. The van der Waals surface area contributed by atoms with E-state index in [1.54, 1.807) is 26.2 Å². The Kier molecular flexibility index (Phi) is 9.20. The Morgan fingerprint density at radius 1 is 1.34 bits per heavy atom. The second-order valence-electron chi connectivity index (χ2n) is 9.87. The Morgan fingerprint density at radius 2 is 2.05 bits per heavy atom. The minimum atomic E-state index is -0.938. The van der Waals surface area contributed by atoms with Gasteiger partial charge in [0.05, 0.1) is 5.41 Å². The zero-order valence-electron chi connectivity index (χ0n) is 21.8. The number of nitrogens with two attached hydrogens (primary N) is 1. The Labute approximate surface area is 228 Å². The standard InChI is InChI=1S/C24H31N5O7S2/c1-7-13-9-37-20-16(19(31)29(20)17(13)21(32)34-11-35-22(33)24(4,5)6)27-18(30)15(28-36-8-12(2)3)14-10-38-23(25)26-14/h7,10,12,16,20H,1,8-9,11H2,2-6H3,(H2,25,26)(H,27,30)/t16?,20-/m1/s1. The maximum Gasteiger partial charge on any atom is 0.358 e. The fourth-order valence-corrected chi connectivity index (χ4v) is 5.16. The number of carbonyl (C=O) groups excluding carboxylic acids is 4. The van der Waals surface area contributed by atoms with E-state index < -0.39 is 47.4 Å². The van der Waals surface area contributed by atoms with Crippen LogP contribution in [0, 0.1) is 11.3 Å². The van der Waals surface area contributed by atoms with Crippen LogP contribution in [0.2, 0.25) is 0 Å². The van der Waals surface area contributed by atoms with Crippen molar-refractivity contribution in [3.05, 3.63) is 35.0 Å². The summed E-state index contributed by atoms with van der Waals surface area (Å²) in [6.07, 6.45) is 1.46. The van der Waals surface area contributed by atoms with Gasteiger partial charge in [0.1, 0.15) is 29.4 Å². The third-order valence-corrected chi connectivity index (χ3v) is 7.24. The number of thiazole rings is 1. The molecule has 0 spiro atoms. The minimum absolute atomic E-state index is 0.00695. The van der Waals surface area contributed by atoms with Crippen LogP contribution in [0.15, 0.2) is 34.5 Å². The number of ether oxygens (including phenoxy) is 2. The predicted octanol–water partition coefficient (Wildman–Crippen LogP) is 2.03. The van der Waals surface area contributed by atoms with Crippen molar-refractivity contribution in [2.45, 2.75) is 46.0 Å². The Bertz CT molecular complexity index is 1180. The lowest BCUT2D eigenvalue weighted by Gasteiger charge is -2.49. The van der Waals surface area contributed by atoms with Gasteiger partial charge in [-0.15, -0.1) is 23.1 Å². The number of rotatable bonds is 10.